The third-order valence-electron chi connectivity index (χ3n) is 5.58. The number of benzene rings is 2. The van der Waals surface area contributed by atoms with Crippen molar-refractivity contribution in [1.82, 2.24) is 4.98 Å². The number of para-hydroxylation sites is 2. The number of rotatable bonds is 3. The minimum absolute atomic E-state index is 0.270. The number of carbonyl (C=O) groups excluding carboxylic acids is 2. The summed E-state index contributed by atoms with van der Waals surface area (Å²) in [6, 6.07) is 15.8. The normalized spacial score (nSPS) is 22.4. The van der Waals surface area contributed by atoms with Crippen molar-refractivity contribution < 1.29 is 14.5 Å². The second-order valence-electron chi connectivity index (χ2n) is 7.21. The number of fused-ring (bicyclic) bond motifs is 2. The number of quaternary nitrogens is 1. The van der Waals surface area contributed by atoms with Crippen LogP contribution in [-0.4, -0.2) is 29.9 Å². The SMILES string of the molecule is O=C1C(=O)N(C[NH+]2CCCC[C@H]2c2nc3ccccc3s2)c2ccccc21. The molecule has 1 aromatic heterocycles. The van der Waals surface area contributed by atoms with E-state index in [0.29, 0.717) is 12.2 Å². The fourth-order valence-electron chi connectivity index (χ4n) is 4.21. The summed E-state index contributed by atoms with van der Waals surface area (Å²) >= 11 is 1.75. The maximum Gasteiger partial charge on any atom is 0.303 e. The Balaban J connectivity index is 1.46. The van der Waals surface area contributed by atoms with Gasteiger partial charge in [-0.15, -0.1) is 11.3 Å². The van der Waals surface area contributed by atoms with Crippen LogP contribution >= 0.6 is 11.3 Å². The standard InChI is InChI=1S/C21H19N3O2S/c25-19-14-7-1-3-9-16(14)24(21(19)26)13-23-12-6-5-10-17(23)20-22-15-8-2-4-11-18(15)27-20/h1-4,7-9,11,17H,5-6,10,12-13H2/p+1/t17-/m0/s1. The van der Waals surface area contributed by atoms with Crippen LogP contribution in [0.3, 0.4) is 0 Å². The van der Waals surface area contributed by atoms with E-state index in [2.05, 4.69) is 12.1 Å². The topological polar surface area (TPSA) is 54.7 Å². The number of hydrogen-bond acceptors (Lipinski definition) is 4. The molecule has 1 amide bonds. The number of anilines is 1. The number of piperidine rings is 1. The van der Waals surface area contributed by atoms with Crippen molar-refractivity contribution in [2.75, 3.05) is 18.1 Å². The number of likely N-dealkylation sites (tertiary alicyclic amines) is 1. The lowest BCUT2D eigenvalue weighted by Crippen LogP contribution is -3.14. The summed E-state index contributed by atoms with van der Waals surface area (Å²) < 4.78 is 1.20. The van der Waals surface area contributed by atoms with Crippen LogP contribution in [0.1, 0.15) is 40.7 Å². The molecule has 0 bridgehead atoms. The summed E-state index contributed by atoms with van der Waals surface area (Å²) in [6.45, 7) is 1.50. The summed E-state index contributed by atoms with van der Waals surface area (Å²) in [5.74, 6) is -0.795. The Labute approximate surface area is 161 Å². The van der Waals surface area contributed by atoms with E-state index in [-0.39, 0.29) is 6.04 Å². The fraction of sp³-hybridized carbons (Fsp3) is 0.286. The van der Waals surface area contributed by atoms with E-state index in [9.17, 15) is 9.59 Å². The zero-order chi connectivity index (χ0) is 18.4. The van der Waals surface area contributed by atoms with E-state index >= 15 is 0 Å². The van der Waals surface area contributed by atoms with Gasteiger partial charge in [-0.2, -0.15) is 0 Å². The minimum Gasteiger partial charge on any atom is -0.309 e. The molecule has 5 rings (SSSR count). The first-order valence-electron chi connectivity index (χ1n) is 9.37. The maximum atomic E-state index is 12.6. The van der Waals surface area contributed by atoms with Gasteiger partial charge in [0.15, 0.2) is 11.7 Å². The van der Waals surface area contributed by atoms with Crippen LogP contribution in [-0.2, 0) is 4.79 Å². The molecule has 0 spiro atoms. The number of nitrogens with zero attached hydrogens (tertiary/aromatic N) is 2. The van der Waals surface area contributed by atoms with Crippen LogP contribution in [0.2, 0.25) is 0 Å². The summed E-state index contributed by atoms with van der Waals surface area (Å²) in [5, 5.41) is 1.14. The number of hydrogen-bond donors (Lipinski definition) is 1. The summed E-state index contributed by atoms with van der Waals surface area (Å²) in [6.07, 6.45) is 3.37. The van der Waals surface area contributed by atoms with E-state index in [1.54, 1.807) is 22.3 Å². The molecule has 0 radical (unpaired) electrons. The van der Waals surface area contributed by atoms with Crippen LogP contribution in [0.4, 0.5) is 5.69 Å². The molecule has 3 heterocycles. The molecular weight excluding hydrogens is 358 g/mol. The average Bonchev–Trinajstić information content (AvgIpc) is 3.24. The molecule has 6 heteroatoms. The number of aromatic nitrogens is 1. The Morgan fingerprint density at radius 1 is 1.07 bits per heavy atom. The molecule has 136 valence electrons. The highest BCUT2D eigenvalue weighted by molar-refractivity contribution is 7.18. The largest absolute Gasteiger partial charge is 0.309 e. The molecule has 1 fully saturated rings. The molecule has 27 heavy (non-hydrogen) atoms. The molecule has 2 aliphatic heterocycles. The Bertz CT molecular complexity index is 1010. The minimum atomic E-state index is -0.405. The van der Waals surface area contributed by atoms with Gasteiger partial charge in [0.05, 0.1) is 28.0 Å². The Morgan fingerprint density at radius 2 is 1.89 bits per heavy atom. The molecule has 0 aliphatic carbocycles. The third kappa shape index (κ3) is 2.76. The first-order chi connectivity index (χ1) is 13.2. The summed E-state index contributed by atoms with van der Waals surface area (Å²) in [4.78, 5) is 32.7. The van der Waals surface area contributed by atoms with Gasteiger partial charge < -0.3 is 4.90 Å². The lowest BCUT2D eigenvalue weighted by atomic mass is 10.0. The number of thiazole rings is 1. The molecule has 1 N–H and O–H groups in total. The predicted octanol–water partition coefficient (Wildman–Crippen LogP) is 2.59. The maximum absolute atomic E-state index is 12.6. The molecule has 2 aliphatic rings. The molecule has 1 unspecified atom stereocenters. The molecule has 1 saturated heterocycles. The van der Waals surface area contributed by atoms with Gasteiger partial charge in [0, 0.05) is 6.42 Å². The van der Waals surface area contributed by atoms with Crippen LogP contribution in [0.25, 0.3) is 10.2 Å². The Hall–Kier alpha value is -2.57. The summed E-state index contributed by atoms with van der Waals surface area (Å²) in [7, 11) is 0. The number of ketones is 1. The molecule has 2 atom stereocenters. The average molecular weight is 378 g/mol. The zero-order valence-electron chi connectivity index (χ0n) is 14.9. The lowest BCUT2D eigenvalue weighted by Gasteiger charge is -2.33. The summed E-state index contributed by atoms with van der Waals surface area (Å²) in [5.41, 5.74) is 2.31. The second-order valence-corrected chi connectivity index (χ2v) is 8.28. The molecule has 5 nitrogen and oxygen atoms in total. The highest BCUT2D eigenvalue weighted by atomic mass is 32.1. The van der Waals surface area contributed by atoms with E-state index in [1.807, 2.05) is 30.3 Å². The van der Waals surface area contributed by atoms with Gasteiger partial charge in [0.1, 0.15) is 6.04 Å². The van der Waals surface area contributed by atoms with Crippen molar-refractivity contribution in [3.05, 3.63) is 59.1 Å². The molecule has 2 aromatic carbocycles. The van der Waals surface area contributed by atoms with E-state index in [4.69, 9.17) is 4.98 Å². The van der Waals surface area contributed by atoms with Crippen molar-refractivity contribution in [1.29, 1.82) is 0 Å². The number of amides is 1. The fourth-order valence-corrected chi connectivity index (χ4v) is 5.37. The van der Waals surface area contributed by atoms with Crippen molar-refractivity contribution >= 4 is 38.9 Å². The first-order valence-corrected chi connectivity index (χ1v) is 10.2. The van der Waals surface area contributed by atoms with Gasteiger partial charge in [-0.3, -0.25) is 14.5 Å². The van der Waals surface area contributed by atoms with Crippen LogP contribution in [0, 0.1) is 0 Å². The lowest BCUT2D eigenvalue weighted by molar-refractivity contribution is -0.935. The molecule has 0 saturated carbocycles. The van der Waals surface area contributed by atoms with Crippen LogP contribution < -0.4 is 9.80 Å². The number of carbonyl (C=O) groups is 2. The number of nitrogens with one attached hydrogen (secondary N) is 1. The van der Waals surface area contributed by atoms with E-state index in [1.165, 1.54) is 16.0 Å². The quantitative estimate of drug-likeness (QED) is 0.713. The Morgan fingerprint density at radius 3 is 2.78 bits per heavy atom. The molecule has 3 aromatic rings. The number of Topliss-reactive ketones (excluding diaryl/α,β-unsaturated/α-hetero) is 1. The highest BCUT2D eigenvalue weighted by Gasteiger charge is 2.40. The van der Waals surface area contributed by atoms with Gasteiger partial charge in [0.2, 0.25) is 0 Å². The van der Waals surface area contributed by atoms with Gasteiger partial charge in [-0.25, -0.2) is 4.98 Å². The van der Waals surface area contributed by atoms with Crippen molar-refractivity contribution in [3.8, 4) is 0 Å². The van der Waals surface area contributed by atoms with Crippen LogP contribution in [0.15, 0.2) is 48.5 Å². The monoisotopic (exact) mass is 378 g/mol. The first kappa shape index (κ1) is 16.6. The van der Waals surface area contributed by atoms with Crippen molar-refractivity contribution in [3.63, 3.8) is 0 Å². The van der Waals surface area contributed by atoms with Gasteiger partial charge >= 0.3 is 5.91 Å². The van der Waals surface area contributed by atoms with E-state index < -0.39 is 11.7 Å². The van der Waals surface area contributed by atoms with Gasteiger partial charge in [-0.05, 0) is 37.1 Å². The predicted molar refractivity (Wildman–Crippen MR) is 105 cm³/mol. The van der Waals surface area contributed by atoms with Gasteiger partial charge in [0.25, 0.3) is 5.78 Å². The van der Waals surface area contributed by atoms with Crippen LogP contribution in [0.5, 0.6) is 0 Å². The second kappa shape index (κ2) is 6.55. The van der Waals surface area contributed by atoms with Crippen molar-refractivity contribution in [2.45, 2.75) is 25.3 Å². The van der Waals surface area contributed by atoms with Gasteiger partial charge in [-0.1, -0.05) is 24.3 Å². The molecular formula is C21H20N3O2S+. The third-order valence-corrected chi connectivity index (χ3v) is 6.73. The smallest absolute Gasteiger partial charge is 0.303 e. The Kier molecular flexibility index (Phi) is 4.02. The van der Waals surface area contributed by atoms with E-state index in [0.717, 1.165) is 35.6 Å². The van der Waals surface area contributed by atoms with Crippen molar-refractivity contribution in [2.24, 2.45) is 0 Å². The highest BCUT2D eigenvalue weighted by Crippen LogP contribution is 2.30. The zero-order valence-corrected chi connectivity index (χ0v) is 15.7.